The van der Waals surface area contributed by atoms with Crippen molar-refractivity contribution in [3.63, 3.8) is 0 Å². The van der Waals surface area contributed by atoms with Crippen molar-refractivity contribution in [1.29, 1.82) is 0 Å². The van der Waals surface area contributed by atoms with Crippen LogP contribution in [0, 0.1) is 10.1 Å². The SMILES string of the molecule is COC(=O)c1cccc(OCCOCCOc2cc([N+](=O)[O-])c(OC)cc2Br)n1. The van der Waals surface area contributed by atoms with Crippen LogP contribution >= 0.6 is 15.9 Å². The number of carbonyl (C=O) groups excluding carboxylic acids is 1. The number of carbonyl (C=O) groups is 1. The second-order valence-electron chi connectivity index (χ2n) is 5.37. The van der Waals surface area contributed by atoms with Gasteiger partial charge in [0.05, 0.1) is 42.9 Å². The van der Waals surface area contributed by atoms with Gasteiger partial charge in [0.15, 0.2) is 11.4 Å². The number of nitro benzene ring substituents is 1. The standard InChI is InChI=1S/C18H19BrN2O8/c1-25-16-10-12(19)15(11-14(16)21(23)24)28-8-6-27-7-9-29-17-5-3-4-13(20-17)18(22)26-2/h3-5,10-11H,6-9H2,1-2H3. The van der Waals surface area contributed by atoms with Crippen LogP contribution in [0.1, 0.15) is 10.5 Å². The van der Waals surface area contributed by atoms with Crippen molar-refractivity contribution >= 4 is 27.6 Å². The molecule has 0 saturated heterocycles. The maximum atomic E-state index is 11.4. The Morgan fingerprint density at radius 1 is 1.10 bits per heavy atom. The first-order chi connectivity index (χ1) is 14.0. The van der Waals surface area contributed by atoms with Crippen LogP contribution in [0.2, 0.25) is 0 Å². The van der Waals surface area contributed by atoms with Crippen molar-refractivity contribution in [2.75, 3.05) is 40.6 Å². The average molecular weight is 471 g/mol. The van der Waals surface area contributed by atoms with Gasteiger partial charge in [0, 0.05) is 12.1 Å². The van der Waals surface area contributed by atoms with Crippen LogP contribution in [0.15, 0.2) is 34.8 Å². The lowest BCUT2D eigenvalue weighted by Gasteiger charge is -2.11. The molecule has 0 bridgehead atoms. The molecule has 0 atom stereocenters. The van der Waals surface area contributed by atoms with Crippen molar-refractivity contribution in [3.05, 3.63) is 50.6 Å². The fraction of sp³-hybridized carbons (Fsp3) is 0.333. The molecule has 1 aromatic heterocycles. The van der Waals surface area contributed by atoms with Crippen molar-refractivity contribution < 1.29 is 33.4 Å². The van der Waals surface area contributed by atoms with E-state index in [4.69, 9.17) is 18.9 Å². The van der Waals surface area contributed by atoms with Crippen molar-refractivity contribution in [1.82, 2.24) is 4.98 Å². The molecule has 0 radical (unpaired) electrons. The molecule has 0 aliphatic heterocycles. The first-order valence-corrected chi connectivity index (χ1v) is 9.16. The minimum atomic E-state index is -0.547. The predicted octanol–water partition coefficient (Wildman–Crippen LogP) is 3.02. The Bertz CT molecular complexity index is 862. The Balaban J connectivity index is 1.73. The van der Waals surface area contributed by atoms with Gasteiger partial charge in [0.25, 0.3) is 0 Å². The summed E-state index contributed by atoms with van der Waals surface area (Å²) in [6.07, 6.45) is 0. The minimum Gasteiger partial charge on any atom is -0.490 e. The summed E-state index contributed by atoms with van der Waals surface area (Å²) in [5, 5.41) is 11.1. The molecule has 0 amide bonds. The number of nitrogens with zero attached hydrogens (tertiary/aromatic N) is 2. The van der Waals surface area contributed by atoms with Crippen LogP contribution in [-0.4, -0.2) is 56.5 Å². The molecule has 0 aliphatic carbocycles. The number of pyridine rings is 1. The molecule has 0 unspecified atom stereocenters. The second kappa shape index (κ2) is 11.2. The lowest BCUT2D eigenvalue weighted by Crippen LogP contribution is -2.13. The highest BCUT2D eigenvalue weighted by molar-refractivity contribution is 9.10. The van der Waals surface area contributed by atoms with E-state index in [1.165, 1.54) is 32.4 Å². The predicted molar refractivity (Wildman–Crippen MR) is 105 cm³/mol. The number of rotatable bonds is 11. The number of hydrogen-bond donors (Lipinski definition) is 0. The van der Waals surface area contributed by atoms with Gasteiger partial charge in [0.1, 0.15) is 19.0 Å². The summed E-state index contributed by atoms with van der Waals surface area (Å²) in [4.78, 5) is 26.0. The molecule has 10 nitrogen and oxygen atoms in total. The number of nitro groups is 1. The molecule has 2 rings (SSSR count). The third kappa shape index (κ3) is 6.57. The zero-order chi connectivity index (χ0) is 21.2. The fourth-order valence-electron chi connectivity index (χ4n) is 2.17. The van der Waals surface area contributed by atoms with Crippen LogP contribution < -0.4 is 14.2 Å². The van der Waals surface area contributed by atoms with Gasteiger partial charge in [0.2, 0.25) is 5.88 Å². The molecule has 1 heterocycles. The van der Waals surface area contributed by atoms with Gasteiger partial charge >= 0.3 is 11.7 Å². The molecule has 0 fully saturated rings. The van der Waals surface area contributed by atoms with Crippen molar-refractivity contribution in [3.8, 4) is 17.4 Å². The second-order valence-corrected chi connectivity index (χ2v) is 6.23. The molecule has 0 spiro atoms. The third-order valence-electron chi connectivity index (χ3n) is 3.51. The number of ether oxygens (including phenoxy) is 5. The van der Waals surface area contributed by atoms with E-state index in [2.05, 4.69) is 25.7 Å². The molecule has 156 valence electrons. The lowest BCUT2D eigenvalue weighted by molar-refractivity contribution is -0.385. The van der Waals surface area contributed by atoms with E-state index in [0.717, 1.165) is 0 Å². The molecule has 1 aromatic carbocycles. The Hall–Kier alpha value is -2.92. The monoisotopic (exact) mass is 470 g/mol. The van der Waals surface area contributed by atoms with Crippen LogP contribution in [0.25, 0.3) is 0 Å². The van der Waals surface area contributed by atoms with Crippen LogP contribution in [-0.2, 0) is 9.47 Å². The van der Waals surface area contributed by atoms with Gasteiger partial charge in [-0.05, 0) is 22.0 Å². The third-order valence-corrected chi connectivity index (χ3v) is 4.13. The number of esters is 1. The smallest absolute Gasteiger partial charge is 0.356 e. The first kappa shape index (κ1) is 22.4. The van der Waals surface area contributed by atoms with E-state index in [-0.39, 0.29) is 49.4 Å². The zero-order valence-electron chi connectivity index (χ0n) is 15.8. The van der Waals surface area contributed by atoms with Gasteiger partial charge in [-0.15, -0.1) is 0 Å². The molecular formula is C18H19BrN2O8. The van der Waals surface area contributed by atoms with E-state index < -0.39 is 10.9 Å². The normalized spacial score (nSPS) is 10.3. The number of aromatic nitrogens is 1. The van der Waals surface area contributed by atoms with Crippen LogP contribution in [0.4, 0.5) is 5.69 Å². The molecule has 2 aromatic rings. The fourth-order valence-corrected chi connectivity index (χ4v) is 2.61. The van der Waals surface area contributed by atoms with Gasteiger partial charge in [-0.3, -0.25) is 10.1 Å². The molecular weight excluding hydrogens is 452 g/mol. The van der Waals surface area contributed by atoms with Crippen molar-refractivity contribution in [2.45, 2.75) is 0 Å². The highest BCUT2D eigenvalue weighted by Crippen LogP contribution is 2.37. The summed E-state index contributed by atoms with van der Waals surface area (Å²) in [5.74, 6) is 0.171. The summed E-state index contributed by atoms with van der Waals surface area (Å²) in [5.41, 5.74) is -0.0415. The summed E-state index contributed by atoms with van der Waals surface area (Å²) >= 11 is 3.28. The maximum Gasteiger partial charge on any atom is 0.356 e. The van der Waals surface area contributed by atoms with E-state index in [9.17, 15) is 14.9 Å². The molecule has 0 N–H and O–H groups in total. The largest absolute Gasteiger partial charge is 0.490 e. The van der Waals surface area contributed by atoms with E-state index >= 15 is 0 Å². The van der Waals surface area contributed by atoms with Gasteiger partial charge < -0.3 is 23.7 Å². The highest BCUT2D eigenvalue weighted by atomic mass is 79.9. The van der Waals surface area contributed by atoms with Crippen molar-refractivity contribution in [2.24, 2.45) is 0 Å². The van der Waals surface area contributed by atoms with E-state index in [1.807, 2.05) is 0 Å². The summed E-state index contributed by atoms with van der Waals surface area (Å²) < 4.78 is 26.4. The lowest BCUT2D eigenvalue weighted by atomic mass is 10.3. The number of halogens is 1. The van der Waals surface area contributed by atoms with E-state index in [0.29, 0.717) is 10.2 Å². The molecule has 11 heteroatoms. The molecule has 29 heavy (non-hydrogen) atoms. The Kier molecular flexibility index (Phi) is 8.62. The molecule has 0 aliphatic rings. The van der Waals surface area contributed by atoms with Gasteiger partial charge in [-0.1, -0.05) is 6.07 Å². The van der Waals surface area contributed by atoms with Crippen LogP contribution in [0.5, 0.6) is 17.4 Å². The zero-order valence-corrected chi connectivity index (χ0v) is 17.3. The Morgan fingerprint density at radius 2 is 1.83 bits per heavy atom. The number of hydrogen-bond acceptors (Lipinski definition) is 9. The highest BCUT2D eigenvalue weighted by Gasteiger charge is 2.19. The summed E-state index contributed by atoms with van der Waals surface area (Å²) in [6, 6.07) is 7.52. The van der Waals surface area contributed by atoms with Crippen LogP contribution in [0.3, 0.4) is 0 Å². The Labute approximate surface area is 175 Å². The topological polar surface area (TPSA) is 119 Å². The Morgan fingerprint density at radius 3 is 2.48 bits per heavy atom. The first-order valence-electron chi connectivity index (χ1n) is 8.37. The quantitative estimate of drug-likeness (QED) is 0.211. The number of benzene rings is 1. The molecule has 0 saturated carbocycles. The van der Waals surface area contributed by atoms with Gasteiger partial charge in [-0.25, -0.2) is 9.78 Å². The summed E-state index contributed by atoms with van der Waals surface area (Å²) in [6.45, 7) is 0.899. The minimum absolute atomic E-state index is 0.132. The average Bonchev–Trinajstić information content (AvgIpc) is 2.73. The van der Waals surface area contributed by atoms with E-state index in [1.54, 1.807) is 12.1 Å². The van der Waals surface area contributed by atoms with Gasteiger partial charge in [-0.2, -0.15) is 0 Å². The maximum absolute atomic E-state index is 11.4. The summed E-state index contributed by atoms with van der Waals surface area (Å²) in [7, 11) is 2.63. The number of methoxy groups -OCH3 is 2.